The number of halogens is 1. The number of guanidine groups is 1. The van der Waals surface area contributed by atoms with E-state index in [9.17, 15) is 0 Å². The van der Waals surface area contributed by atoms with Gasteiger partial charge in [-0.1, -0.05) is 0 Å². The van der Waals surface area contributed by atoms with Crippen molar-refractivity contribution >= 4 is 41.7 Å². The topological polar surface area (TPSA) is 36.9 Å². The number of nitrogens with one attached hydrogen (secondary N) is 1. The fourth-order valence-electron chi connectivity index (χ4n) is 1.59. The Morgan fingerprint density at radius 3 is 2.60 bits per heavy atom. The average molecular weight is 415 g/mol. The number of hydrogen-bond donors (Lipinski definition) is 1. The van der Waals surface area contributed by atoms with E-state index in [1.165, 1.54) is 12.8 Å². The van der Waals surface area contributed by atoms with Crippen LogP contribution in [-0.2, 0) is 4.74 Å². The predicted molar refractivity (Wildman–Crippen MR) is 101 cm³/mol. The molecule has 0 bridgehead atoms. The number of thioether (sulfide) groups is 1. The van der Waals surface area contributed by atoms with E-state index in [1.807, 2.05) is 18.8 Å². The molecule has 0 amide bonds. The zero-order valence-electron chi connectivity index (χ0n) is 13.4. The number of hydrogen-bond acceptors (Lipinski definition) is 3. The molecule has 4 nitrogen and oxygen atoms in total. The van der Waals surface area contributed by atoms with E-state index in [1.54, 1.807) is 0 Å². The van der Waals surface area contributed by atoms with E-state index in [2.05, 4.69) is 42.4 Å². The molecule has 0 radical (unpaired) electrons. The van der Waals surface area contributed by atoms with E-state index in [0.717, 1.165) is 38.2 Å². The van der Waals surface area contributed by atoms with E-state index in [0.29, 0.717) is 0 Å². The summed E-state index contributed by atoms with van der Waals surface area (Å²) < 4.78 is 5.88. The number of nitrogens with zero attached hydrogens (tertiary/aromatic N) is 2. The van der Waals surface area contributed by atoms with E-state index in [-0.39, 0.29) is 28.7 Å². The molecule has 0 aromatic rings. The summed E-state index contributed by atoms with van der Waals surface area (Å²) in [7, 11) is 3.89. The minimum absolute atomic E-state index is 0. The molecule has 1 aliphatic carbocycles. The second kappa shape index (κ2) is 10.1. The molecule has 0 saturated heterocycles. The highest BCUT2D eigenvalue weighted by Gasteiger charge is 2.21. The lowest BCUT2D eigenvalue weighted by molar-refractivity contribution is 0.115. The number of aliphatic imine (C=N–C) groups is 1. The van der Waals surface area contributed by atoms with Crippen molar-refractivity contribution in [3.05, 3.63) is 0 Å². The molecule has 0 unspecified atom stereocenters. The lowest BCUT2D eigenvalue weighted by atomic mass is 10.2. The summed E-state index contributed by atoms with van der Waals surface area (Å²) in [6.07, 6.45) is 4.84. The summed E-state index contributed by atoms with van der Waals surface area (Å²) in [5, 5.41) is 3.42. The summed E-state index contributed by atoms with van der Waals surface area (Å²) >= 11 is 1.86. The van der Waals surface area contributed by atoms with E-state index >= 15 is 0 Å². The van der Waals surface area contributed by atoms with Gasteiger partial charge in [0.2, 0.25) is 0 Å². The summed E-state index contributed by atoms with van der Waals surface area (Å²) in [6, 6.07) is 0. The van der Waals surface area contributed by atoms with Gasteiger partial charge >= 0.3 is 0 Å². The van der Waals surface area contributed by atoms with Gasteiger partial charge < -0.3 is 15.0 Å². The highest BCUT2D eigenvalue weighted by Crippen LogP contribution is 2.28. The largest absolute Gasteiger partial charge is 0.379 e. The van der Waals surface area contributed by atoms with Crippen molar-refractivity contribution in [3.8, 4) is 0 Å². The normalized spacial score (nSPS) is 15.8. The van der Waals surface area contributed by atoms with Gasteiger partial charge in [0, 0.05) is 38.5 Å². The highest BCUT2D eigenvalue weighted by atomic mass is 127. The second-order valence-electron chi connectivity index (χ2n) is 5.80. The van der Waals surface area contributed by atoms with Crippen LogP contribution in [0.2, 0.25) is 0 Å². The first-order valence-corrected chi connectivity index (χ1v) is 8.25. The Kier molecular flexibility index (Phi) is 10.3. The molecule has 1 saturated carbocycles. The van der Waals surface area contributed by atoms with Crippen LogP contribution in [0.1, 0.15) is 26.7 Å². The number of rotatable bonds is 8. The Labute approximate surface area is 145 Å². The molecular formula is C14H30IN3OS. The van der Waals surface area contributed by atoms with Gasteiger partial charge in [-0.2, -0.15) is 11.8 Å². The maximum Gasteiger partial charge on any atom is 0.193 e. The molecule has 0 aromatic carbocycles. The summed E-state index contributed by atoms with van der Waals surface area (Å²) in [6.45, 7) is 7.96. The highest BCUT2D eigenvalue weighted by molar-refractivity contribution is 14.0. The van der Waals surface area contributed by atoms with Crippen LogP contribution >= 0.6 is 35.7 Å². The molecule has 6 heteroatoms. The third kappa shape index (κ3) is 8.56. The van der Waals surface area contributed by atoms with Crippen molar-refractivity contribution in [2.75, 3.05) is 46.7 Å². The van der Waals surface area contributed by atoms with Crippen LogP contribution in [0.25, 0.3) is 0 Å². The molecule has 1 fully saturated rings. The second-order valence-corrected chi connectivity index (χ2v) is 7.32. The Balaban J connectivity index is 0.00000361. The van der Waals surface area contributed by atoms with Crippen LogP contribution < -0.4 is 5.32 Å². The Morgan fingerprint density at radius 2 is 2.10 bits per heavy atom. The van der Waals surface area contributed by atoms with Gasteiger partial charge in [0.1, 0.15) is 0 Å². The zero-order chi connectivity index (χ0) is 14.3. The van der Waals surface area contributed by atoms with Crippen molar-refractivity contribution in [1.82, 2.24) is 10.2 Å². The zero-order valence-corrected chi connectivity index (χ0v) is 16.6. The third-order valence-electron chi connectivity index (χ3n) is 3.42. The molecular weight excluding hydrogens is 385 g/mol. The van der Waals surface area contributed by atoms with Crippen LogP contribution in [0.3, 0.4) is 0 Å². The van der Waals surface area contributed by atoms with E-state index in [4.69, 9.17) is 4.74 Å². The lowest BCUT2D eigenvalue weighted by Gasteiger charge is -2.27. The predicted octanol–water partition coefficient (Wildman–Crippen LogP) is 2.68. The third-order valence-corrected chi connectivity index (χ3v) is 4.67. The molecule has 0 aromatic heterocycles. The van der Waals surface area contributed by atoms with Crippen molar-refractivity contribution in [2.45, 2.75) is 31.4 Å². The molecule has 0 heterocycles. The molecule has 0 spiro atoms. The molecule has 1 rings (SSSR count). The quantitative estimate of drug-likeness (QED) is 0.286. The standard InChI is InChI=1S/C14H29N3OS.HI/c1-14(2,19-5)11-16-13(15-3)17(4)8-9-18-10-12-6-7-12;/h12H,6-11H2,1-5H3,(H,15,16);1H. The Bertz CT molecular complexity index is 296. The summed E-state index contributed by atoms with van der Waals surface area (Å²) in [5.74, 6) is 1.78. The van der Waals surface area contributed by atoms with Crippen molar-refractivity contribution in [1.29, 1.82) is 0 Å². The number of ether oxygens (including phenoxy) is 1. The lowest BCUT2D eigenvalue weighted by Crippen LogP contribution is -2.45. The van der Waals surface area contributed by atoms with Crippen molar-refractivity contribution in [3.63, 3.8) is 0 Å². The van der Waals surface area contributed by atoms with Crippen LogP contribution in [0.4, 0.5) is 0 Å². The van der Waals surface area contributed by atoms with E-state index < -0.39 is 0 Å². The monoisotopic (exact) mass is 415 g/mol. The molecule has 1 aliphatic rings. The molecule has 20 heavy (non-hydrogen) atoms. The minimum Gasteiger partial charge on any atom is -0.379 e. The SMILES string of the molecule is CN=C(NCC(C)(C)SC)N(C)CCOCC1CC1.I. The van der Waals surface area contributed by atoms with Gasteiger partial charge in [-0.05, 0) is 38.9 Å². The van der Waals surface area contributed by atoms with Gasteiger partial charge in [0.05, 0.1) is 6.61 Å². The number of likely N-dealkylation sites (N-methyl/N-ethyl adjacent to an activating group) is 1. The fraction of sp³-hybridized carbons (Fsp3) is 0.929. The Morgan fingerprint density at radius 1 is 1.45 bits per heavy atom. The van der Waals surface area contributed by atoms with Crippen LogP contribution in [0.15, 0.2) is 4.99 Å². The fourth-order valence-corrected chi connectivity index (χ4v) is 1.81. The van der Waals surface area contributed by atoms with Gasteiger partial charge in [0.15, 0.2) is 5.96 Å². The molecule has 1 N–H and O–H groups in total. The van der Waals surface area contributed by atoms with Crippen LogP contribution in [-0.4, -0.2) is 62.3 Å². The molecule has 120 valence electrons. The minimum atomic E-state index is 0. The van der Waals surface area contributed by atoms with Crippen molar-refractivity contribution < 1.29 is 4.74 Å². The first-order chi connectivity index (χ1) is 8.98. The first-order valence-electron chi connectivity index (χ1n) is 7.03. The smallest absolute Gasteiger partial charge is 0.193 e. The average Bonchev–Trinajstić information content (AvgIpc) is 3.19. The Hall–Kier alpha value is 0.310. The van der Waals surface area contributed by atoms with Gasteiger partial charge in [-0.15, -0.1) is 24.0 Å². The molecule has 0 atom stereocenters. The van der Waals surface area contributed by atoms with Crippen molar-refractivity contribution in [2.24, 2.45) is 10.9 Å². The maximum atomic E-state index is 5.66. The van der Waals surface area contributed by atoms with Crippen LogP contribution in [0.5, 0.6) is 0 Å². The molecule has 0 aliphatic heterocycles. The summed E-state index contributed by atoms with van der Waals surface area (Å²) in [5.41, 5.74) is 0. The van der Waals surface area contributed by atoms with Gasteiger partial charge in [-0.3, -0.25) is 4.99 Å². The first kappa shape index (κ1) is 20.3. The summed E-state index contributed by atoms with van der Waals surface area (Å²) in [4.78, 5) is 6.45. The van der Waals surface area contributed by atoms with Gasteiger partial charge in [-0.25, -0.2) is 0 Å². The van der Waals surface area contributed by atoms with Crippen LogP contribution in [0, 0.1) is 5.92 Å². The maximum absolute atomic E-state index is 5.66. The van der Waals surface area contributed by atoms with Gasteiger partial charge in [0.25, 0.3) is 0 Å².